The standard InChI is InChI=1S/C19H28N2O4/c1-5-21(14-9-7-6-8-10-14)16(23)11-15-17(19(24)25-4)12(2)18(20-15)13(3)22/h14,20H,5-11H2,1-4H3. The lowest BCUT2D eigenvalue weighted by Gasteiger charge is -2.33. The van der Waals surface area contributed by atoms with Crippen LogP contribution in [0, 0.1) is 6.92 Å². The number of nitrogens with one attached hydrogen (secondary N) is 1. The summed E-state index contributed by atoms with van der Waals surface area (Å²) in [4.78, 5) is 41.7. The van der Waals surface area contributed by atoms with E-state index in [-0.39, 0.29) is 24.2 Å². The Kier molecular flexibility index (Phi) is 6.39. The Morgan fingerprint density at radius 1 is 1.20 bits per heavy atom. The summed E-state index contributed by atoms with van der Waals surface area (Å²) in [6.45, 7) is 5.77. The number of carbonyl (C=O) groups excluding carboxylic acids is 3. The molecule has 1 fully saturated rings. The number of likely N-dealkylation sites (N-methyl/N-ethyl adjacent to an activating group) is 1. The van der Waals surface area contributed by atoms with Crippen molar-refractivity contribution in [3.05, 3.63) is 22.5 Å². The van der Waals surface area contributed by atoms with Crippen LogP contribution < -0.4 is 0 Å². The van der Waals surface area contributed by atoms with E-state index in [4.69, 9.17) is 4.74 Å². The van der Waals surface area contributed by atoms with Gasteiger partial charge < -0.3 is 14.6 Å². The number of methoxy groups -OCH3 is 1. The van der Waals surface area contributed by atoms with E-state index in [0.29, 0.717) is 29.1 Å². The number of H-pyrrole nitrogens is 1. The van der Waals surface area contributed by atoms with Crippen LogP contribution >= 0.6 is 0 Å². The molecule has 0 aliphatic heterocycles. The summed E-state index contributed by atoms with van der Waals surface area (Å²) < 4.78 is 4.84. The number of hydrogen-bond donors (Lipinski definition) is 1. The number of rotatable bonds is 6. The largest absolute Gasteiger partial charge is 0.465 e. The van der Waals surface area contributed by atoms with Gasteiger partial charge >= 0.3 is 5.97 Å². The zero-order valence-electron chi connectivity index (χ0n) is 15.6. The zero-order chi connectivity index (χ0) is 18.6. The zero-order valence-corrected chi connectivity index (χ0v) is 15.6. The minimum atomic E-state index is -0.523. The molecule has 25 heavy (non-hydrogen) atoms. The maximum absolute atomic E-state index is 12.9. The van der Waals surface area contributed by atoms with Gasteiger partial charge in [-0.25, -0.2) is 4.79 Å². The van der Waals surface area contributed by atoms with Gasteiger partial charge in [-0.05, 0) is 32.3 Å². The van der Waals surface area contributed by atoms with Crippen molar-refractivity contribution < 1.29 is 19.1 Å². The number of nitrogens with zero attached hydrogens (tertiary/aromatic N) is 1. The normalized spacial score (nSPS) is 15.0. The summed E-state index contributed by atoms with van der Waals surface area (Å²) in [5.41, 5.74) is 1.68. The number of ketones is 1. The minimum Gasteiger partial charge on any atom is -0.465 e. The van der Waals surface area contributed by atoms with Crippen molar-refractivity contribution in [2.75, 3.05) is 13.7 Å². The molecule has 1 saturated carbocycles. The van der Waals surface area contributed by atoms with Gasteiger partial charge in [0.25, 0.3) is 0 Å². The predicted octanol–water partition coefficient (Wildman–Crippen LogP) is 3.04. The van der Waals surface area contributed by atoms with Crippen LogP contribution in [-0.4, -0.2) is 47.2 Å². The molecule has 1 heterocycles. The molecule has 6 heteroatoms. The van der Waals surface area contributed by atoms with Crippen LogP contribution in [-0.2, 0) is 16.0 Å². The molecule has 1 aromatic rings. The first-order valence-corrected chi connectivity index (χ1v) is 9.00. The fourth-order valence-corrected chi connectivity index (χ4v) is 3.81. The Morgan fingerprint density at radius 3 is 2.36 bits per heavy atom. The first kappa shape index (κ1) is 19.2. The van der Waals surface area contributed by atoms with E-state index in [9.17, 15) is 14.4 Å². The second-order valence-electron chi connectivity index (χ2n) is 6.67. The second kappa shape index (κ2) is 8.32. The number of amides is 1. The van der Waals surface area contributed by atoms with Crippen molar-refractivity contribution in [3.63, 3.8) is 0 Å². The van der Waals surface area contributed by atoms with Crippen LogP contribution in [0.4, 0.5) is 0 Å². The lowest BCUT2D eigenvalue weighted by atomic mass is 9.94. The quantitative estimate of drug-likeness (QED) is 0.633. The minimum absolute atomic E-state index is 0.0177. The van der Waals surface area contributed by atoms with Crippen molar-refractivity contribution in [2.24, 2.45) is 0 Å². The highest BCUT2D eigenvalue weighted by Gasteiger charge is 2.28. The number of hydrogen-bond acceptors (Lipinski definition) is 4. The molecule has 0 bridgehead atoms. The Morgan fingerprint density at radius 2 is 1.84 bits per heavy atom. The fraction of sp³-hybridized carbons (Fsp3) is 0.632. The van der Waals surface area contributed by atoms with Crippen LogP contribution in [0.3, 0.4) is 0 Å². The SMILES string of the molecule is CCN(C(=O)Cc1[nH]c(C(C)=O)c(C)c1C(=O)OC)C1CCCCC1. The molecule has 0 atom stereocenters. The number of carbonyl (C=O) groups is 3. The van der Waals surface area contributed by atoms with Crippen molar-refractivity contribution in [3.8, 4) is 0 Å². The number of aromatic nitrogens is 1. The van der Waals surface area contributed by atoms with E-state index in [1.54, 1.807) is 6.92 Å². The molecule has 1 aliphatic rings. The van der Waals surface area contributed by atoms with E-state index in [2.05, 4.69) is 4.98 Å². The molecular formula is C19H28N2O4. The molecule has 1 amide bonds. The van der Waals surface area contributed by atoms with Gasteiger partial charge in [-0.2, -0.15) is 0 Å². The summed E-state index contributed by atoms with van der Waals surface area (Å²) >= 11 is 0. The van der Waals surface area contributed by atoms with E-state index in [1.165, 1.54) is 20.5 Å². The predicted molar refractivity (Wildman–Crippen MR) is 94.8 cm³/mol. The fourth-order valence-electron chi connectivity index (χ4n) is 3.81. The number of aromatic amines is 1. The van der Waals surface area contributed by atoms with Gasteiger partial charge in [0.05, 0.1) is 24.8 Å². The van der Waals surface area contributed by atoms with Crippen LogP contribution in [0.2, 0.25) is 0 Å². The van der Waals surface area contributed by atoms with Crippen LogP contribution in [0.5, 0.6) is 0 Å². The van der Waals surface area contributed by atoms with Gasteiger partial charge in [0, 0.05) is 25.2 Å². The molecule has 0 unspecified atom stereocenters. The van der Waals surface area contributed by atoms with Crippen molar-refractivity contribution >= 4 is 17.7 Å². The van der Waals surface area contributed by atoms with Crippen LogP contribution in [0.1, 0.15) is 78.1 Å². The van der Waals surface area contributed by atoms with Crippen molar-refractivity contribution in [1.82, 2.24) is 9.88 Å². The molecule has 0 saturated heterocycles. The molecule has 1 aromatic heterocycles. The number of ether oxygens (including phenoxy) is 1. The van der Waals surface area contributed by atoms with Gasteiger partial charge in [0.2, 0.25) is 5.91 Å². The Bertz CT molecular complexity index is 657. The number of esters is 1. The van der Waals surface area contributed by atoms with E-state index in [0.717, 1.165) is 25.7 Å². The molecule has 138 valence electrons. The average molecular weight is 348 g/mol. The monoisotopic (exact) mass is 348 g/mol. The highest BCUT2D eigenvalue weighted by Crippen LogP contribution is 2.25. The third kappa shape index (κ3) is 4.11. The highest BCUT2D eigenvalue weighted by atomic mass is 16.5. The summed E-state index contributed by atoms with van der Waals surface area (Å²) in [7, 11) is 1.30. The van der Waals surface area contributed by atoms with Gasteiger partial charge in [-0.3, -0.25) is 9.59 Å². The van der Waals surface area contributed by atoms with Crippen molar-refractivity contribution in [1.29, 1.82) is 0 Å². The van der Waals surface area contributed by atoms with Gasteiger partial charge in [0.15, 0.2) is 5.78 Å². The highest BCUT2D eigenvalue weighted by molar-refractivity contribution is 6.01. The maximum atomic E-state index is 12.9. The lowest BCUT2D eigenvalue weighted by molar-refractivity contribution is -0.133. The Balaban J connectivity index is 2.28. The number of Topliss-reactive ketones (excluding diaryl/α,β-unsaturated/α-hetero) is 1. The Hall–Kier alpha value is -2.11. The van der Waals surface area contributed by atoms with Crippen molar-refractivity contribution in [2.45, 2.75) is 65.3 Å². The molecule has 0 radical (unpaired) electrons. The molecule has 0 aromatic carbocycles. The summed E-state index contributed by atoms with van der Waals surface area (Å²) in [5.74, 6) is -0.707. The molecule has 1 N–H and O–H groups in total. The third-order valence-electron chi connectivity index (χ3n) is 5.07. The van der Waals surface area contributed by atoms with Gasteiger partial charge in [-0.15, -0.1) is 0 Å². The average Bonchev–Trinajstić information content (AvgIpc) is 2.92. The van der Waals surface area contributed by atoms with E-state index in [1.807, 2.05) is 11.8 Å². The summed E-state index contributed by atoms with van der Waals surface area (Å²) in [6, 6.07) is 0.274. The van der Waals surface area contributed by atoms with Gasteiger partial charge in [-0.1, -0.05) is 19.3 Å². The molecule has 6 nitrogen and oxygen atoms in total. The summed E-state index contributed by atoms with van der Waals surface area (Å²) in [6.07, 6.45) is 5.67. The van der Waals surface area contributed by atoms with Crippen LogP contribution in [0.15, 0.2) is 0 Å². The summed E-state index contributed by atoms with van der Waals surface area (Å²) in [5, 5.41) is 0. The molecule has 2 rings (SSSR count). The maximum Gasteiger partial charge on any atom is 0.339 e. The van der Waals surface area contributed by atoms with Gasteiger partial charge in [0.1, 0.15) is 0 Å². The first-order chi connectivity index (χ1) is 11.9. The molecule has 0 spiro atoms. The Labute approximate surface area is 148 Å². The van der Waals surface area contributed by atoms with Crippen LogP contribution in [0.25, 0.3) is 0 Å². The van der Waals surface area contributed by atoms with E-state index >= 15 is 0 Å². The first-order valence-electron chi connectivity index (χ1n) is 9.00. The molecular weight excluding hydrogens is 320 g/mol. The third-order valence-corrected chi connectivity index (χ3v) is 5.07. The smallest absolute Gasteiger partial charge is 0.339 e. The molecule has 1 aliphatic carbocycles. The topological polar surface area (TPSA) is 79.5 Å². The second-order valence-corrected chi connectivity index (χ2v) is 6.67. The lowest BCUT2D eigenvalue weighted by Crippen LogP contribution is -2.42. The van der Waals surface area contributed by atoms with E-state index < -0.39 is 5.97 Å².